The molecule has 0 atom stereocenters. The minimum absolute atomic E-state index is 0.0663. The number of aromatic nitrogens is 6. The summed E-state index contributed by atoms with van der Waals surface area (Å²) in [5.74, 6) is 0.520. The van der Waals surface area contributed by atoms with Gasteiger partial charge < -0.3 is 4.90 Å². The van der Waals surface area contributed by atoms with Crippen LogP contribution in [-0.2, 0) is 18.4 Å². The minimum atomic E-state index is -0.188. The number of amides is 1. The summed E-state index contributed by atoms with van der Waals surface area (Å²) in [6.45, 7) is 2.37. The standard InChI is InChI=1S/C24H23N7O2S/c1-16-9-11-17(12-10-16)14-30-22(33)21-19(13-25-29(21)3)31-23(30)26-27-24(31)34-15-20(32)28(2)18-7-5-4-6-8-18/h4-13H,14-15H2,1-3H3. The first-order valence-electron chi connectivity index (χ1n) is 10.7. The van der Waals surface area contributed by atoms with Crippen LogP contribution >= 0.6 is 11.8 Å². The smallest absolute Gasteiger partial charge is 0.281 e. The molecule has 0 aliphatic rings. The van der Waals surface area contributed by atoms with Crippen molar-refractivity contribution in [2.24, 2.45) is 7.05 Å². The number of hydrogen-bond acceptors (Lipinski definition) is 6. The molecule has 0 saturated heterocycles. The fourth-order valence-electron chi connectivity index (χ4n) is 3.83. The number of anilines is 1. The van der Waals surface area contributed by atoms with E-state index in [0.29, 0.717) is 28.5 Å². The molecule has 0 spiro atoms. The Labute approximate surface area is 199 Å². The van der Waals surface area contributed by atoms with Crippen molar-refractivity contribution in [3.8, 4) is 0 Å². The predicted molar refractivity (Wildman–Crippen MR) is 132 cm³/mol. The Bertz CT molecular complexity index is 1550. The Morgan fingerprint density at radius 2 is 1.79 bits per heavy atom. The second kappa shape index (κ2) is 8.79. The van der Waals surface area contributed by atoms with Gasteiger partial charge in [-0.15, -0.1) is 10.2 Å². The van der Waals surface area contributed by atoms with Gasteiger partial charge in [-0.1, -0.05) is 59.8 Å². The molecule has 34 heavy (non-hydrogen) atoms. The first kappa shape index (κ1) is 21.9. The molecule has 0 radical (unpaired) electrons. The van der Waals surface area contributed by atoms with E-state index in [1.807, 2.05) is 61.5 Å². The largest absolute Gasteiger partial charge is 0.315 e. The highest BCUT2D eigenvalue weighted by atomic mass is 32.2. The summed E-state index contributed by atoms with van der Waals surface area (Å²) in [7, 11) is 3.49. The van der Waals surface area contributed by atoms with E-state index in [4.69, 9.17) is 0 Å². The molecule has 0 bridgehead atoms. The fraction of sp³-hybridized carbons (Fsp3) is 0.208. The molecule has 5 rings (SSSR count). The van der Waals surface area contributed by atoms with Crippen molar-refractivity contribution in [3.05, 3.63) is 82.3 Å². The number of aryl methyl sites for hydroxylation is 2. The first-order valence-corrected chi connectivity index (χ1v) is 11.7. The van der Waals surface area contributed by atoms with E-state index in [1.165, 1.54) is 11.8 Å². The van der Waals surface area contributed by atoms with Gasteiger partial charge in [0.25, 0.3) is 5.56 Å². The summed E-state index contributed by atoms with van der Waals surface area (Å²) in [4.78, 5) is 27.8. The third-order valence-electron chi connectivity index (χ3n) is 5.77. The number of fused-ring (bicyclic) bond motifs is 3. The van der Waals surface area contributed by atoms with Crippen molar-refractivity contribution in [2.75, 3.05) is 17.7 Å². The average Bonchev–Trinajstić information content (AvgIpc) is 3.45. The van der Waals surface area contributed by atoms with E-state index in [1.54, 1.807) is 38.8 Å². The van der Waals surface area contributed by atoms with E-state index >= 15 is 0 Å². The zero-order chi connectivity index (χ0) is 23.8. The van der Waals surface area contributed by atoms with Gasteiger partial charge in [0.15, 0.2) is 10.7 Å². The lowest BCUT2D eigenvalue weighted by atomic mass is 10.1. The van der Waals surface area contributed by atoms with Crippen LogP contribution in [0.1, 0.15) is 11.1 Å². The van der Waals surface area contributed by atoms with Gasteiger partial charge in [0.2, 0.25) is 11.7 Å². The molecule has 0 saturated carbocycles. The van der Waals surface area contributed by atoms with Gasteiger partial charge in [-0.3, -0.25) is 23.2 Å². The van der Waals surface area contributed by atoms with Crippen LogP contribution in [0, 0.1) is 6.92 Å². The molecule has 0 fully saturated rings. The molecule has 10 heteroatoms. The Morgan fingerprint density at radius 3 is 2.53 bits per heavy atom. The zero-order valence-electron chi connectivity index (χ0n) is 19.0. The summed E-state index contributed by atoms with van der Waals surface area (Å²) in [6, 6.07) is 17.5. The van der Waals surface area contributed by atoms with Crippen molar-refractivity contribution in [1.82, 2.24) is 28.9 Å². The highest BCUT2D eigenvalue weighted by molar-refractivity contribution is 7.99. The van der Waals surface area contributed by atoms with Crippen LogP contribution in [0.15, 0.2) is 70.7 Å². The van der Waals surface area contributed by atoms with Crippen molar-refractivity contribution in [1.29, 1.82) is 0 Å². The number of thioether (sulfide) groups is 1. The Hall–Kier alpha value is -3.92. The maximum absolute atomic E-state index is 13.4. The van der Waals surface area contributed by atoms with E-state index < -0.39 is 0 Å². The van der Waals surface area contributed by atoms with Crippen LogP contribution in [0.25, 0.3) is 16.8 Å². The molecule has 3 heterocycles. The monoisotopic (exact) mass is 473 g/mol. The summed E-state index contributed by atoms with van der Waals surface area (Å²) in [6.07, 6.45) is 1.63. The predicted octanol–water partition coefficient (Wildman–Crippen LogP) is 2.89. The lowest BCUT2D eigenvalue weighted by Crippen LogP contribution is -2.28. The lowest BCUT2D eigenvalue weighted by molar-refractivity contribution is -0.115. The number of rotatable bonds is 6. The lowest BCUT2D eigenvalue weighted by Gasteiger charge is -2.16. The van der Waals surface area contributed by atoms with Crippen molar-refractivity contribution >= 4 is 40.2 Å². The van der Waals surface area contributed by atoms with Crippen LogP contribution in [0.5, 0.6) is 0 Å². The van der Waals surface area contributed by atoms with Gasteiger partial charge in [0.1, 0.15) is 5.52 Å². The molecule has 172 valence electrons. The van der Waals surface area contributed by atoms with E-state index in [2.05, 4.69) is 15.3 Å². The minimum Gasteiger partial charge on any atom is -0.315 e. The molecule has 3 aromatic heterocycles. The van der Waals surface area contributed by atoms with Crippen molar-refractivity contribution in [2.45, 2.75) is 18.6 Å². The summed E-state index contributed by atoms with van der Waals surface area (Å²) in [5, 5.41) is 13.5. The van der Waals surface area contributed by atoms with Gasteiger partial charge in [0.05, 0.1) is 18.5 Å². The van der Waals surface area contributed by atoms with E-state index in [9.17, 15) is 9.59 Å². The molecular weight excluding hydrogens is 450 g/mol. The molecule has 0 aliphatic heterocycles. The van der Waals surface area contributed by atoms with Gasteiger partial charge in [-0.05, 0) is 24.6 Å². The fourth-order valence-corrected chi connectivity index (χ4v) is 4.69. The zero-order valence-corrected chi connectivity index (χ0v) is 19.9. The maximum Gasteiger partial charge on any atom is 0.281 e. The Morgan fingerprint density at radius 1 is 1.06 bits per heavy atom. The van der Waals surface area contributed by atoms with Crippen LogP contribution in [0.2, 0.25) is 0 Å². The average molecular weight is 474 g/mol. The second-order valence-electron chi connectivity index (χ2n) is 8.07. The molecule has 5 aromatic rings. The van der Waals surface area contributed by atoms with E-state index in [-0.39, 0.29) is 17.2 Å². The number of hydrogen-bond donors (Lipinski definition) is 0. The quantitative estimate of drug-likeness (QED) is 0.352. The molecule has 0 aliphatic carbocycles. The summed E-state index contributed by atoms with van der Waals surface area (Å²) >= 11 is 1.28. The second-order valence-corrected chi connectivity index (χ2v) is 9.02. The highest BCUT2D eigenvalue weighted by Gasteiger charge is 2.21. The first-order chi connectivity index (χ1) is 16.4. The number of nitrogens with zero attached hydrogens (tertiary/aromatic N) is 7. The molecular formula is C24H23N7O2S. The molecule has 0 unspecified atom stereocenters. The van der Waals surface area contributed by atoms with Gasteiger partial charge >= 0.3 is 0 Å². The molecule has 1 amide bonds. The number of carbonyl (C=O) groups excluding carboxylic acids is 1. The van der Waals surface area contributed by atoms with Gasteiger partial charge in [-0.2, -0.15) is 5.10 Å². The van der Waals surface area contributed by atoms with Gasteiger partial charge in [0, 0.05) is 19.8 Å². The number of benzene rings is 2. The van der Waals surface area contributed by atoms with Gasteiger partial charge in [-0.25, -0.2) is 0 Å². The Kier molecular flexibility index (Phi) is 5.66. The van der Waals surface area contributed by atoms with Crippen LogP contribution in [0.4, 0.5) is 5.69 Å². The summed E-state index contributed by atoms with van der Waals surface area (Å²) in [5.41, 5.74) is 3.82. The third-order valence-corrected chi connectivity index (χ3v) is 6.68. The topological polar surface area (TPSA) is 90.3 Å². The summed E-state index contributed by atoms with van der Waals surface area (Å²) < 4.78 is 4.97. The van der Waals surface area contributed by atoms with Crippen molar-refractivity contribution < 1.29 is 4.79 Å². The number of para-hydroxylation sites is 1. The highest BCUT2D eigenvalue weighted by Crippen LogP contribution is 2.23. The SMILES string of the molecule is Cc1ccc(Cn2c(=O)c3c(cnn3C)n3c(SCC(=O)N(C)c4ccccc4)nnc23)cc1. The Balaban J connectivity index is 1.53. The normalized spacial score (nSPS) is 11.4. The molecule has 9 nitrogen and oxygen atoms in total. The molecule has 0 N–H and O–H groups in total. The number of carbonyl (C=O) groups is 1. The van der Waals surface area contributed by atoms with Crippen molar-refractivity contribution in [3.63, 3.8) is 0 Å². The van der Waals surface area contributed by atoms with Crippen LogP contribution < -0.4 is 10.5 Å². The van der Waals surface area contributed by atoms with Crippen LogP contribution in [0.3, 0.4) is 0 Å². The molecule has 2 aromatic carbocycles. The maximum atomic E-state index is 13.4. The van der Waals surface area contributed by atoms with Crippen LogP contribution in [-0.4, -0.2) is 47.7 Å². The third kappa shape index (κ3) is 3.86. The van der Waals surface area contributed by atoms with E-state index in [0.717, 1.165) is 16.8 Å².